The highest BCUT2D eigenvalue weighted by Gasteiger charge is 2.04. The van der Waals surface area contributed by atoms with E-state index in [2.05, 4.69) is 6.07 Å². The molecule has 0 aliphatic heterocycles. The van der Waals surface area contributed by atoms with E-state index in [-0.39, 0.29) is 5.82 Å². The first kappa shape index (κ1) is 10.7. The summed E-state index contributed by atoms with van der Waals surface area (Å²) in [5.41, 5.74) is 2.81. The Balaban J connectivity index is 2.78. The van der Waals surface area contributed by atoms with Crippen molar-refractivity contribution in [3.05, 3.63) is 34.6 Å². The van der Waals surface area contributed by atoms with Crippen LogP contribution in [0.15, 0.2) is 12.1 Å². The molecule has 2 heteroatoms. The van der Waals surface area contributed by atoms with Crippen LogP contribution in [0.25, 0.3) is 0 Å². The smallest absolute Gasteiger partial charge is 0.126 e. The SMILES string of the molecule is Cc1cc(F)c(CCCC#N)cc1C. The Kier molecular flexibility index (Phi) is 3.64. The third kappa shape index (κ3) is 2.56. The van der Waals surface area contributed by atoms with Gasteiger partial charge in [-0.1, -0.05) is 6.07 Å². The summed E-state index contributed by atoms with van der Waals surface area (Å²) >= 11 is 0. The lowest BCUT2D eigenvalue weighted by atomic mass is 10.0. The average Bonchev–Trinajstić information content (AvgIpc) is 2.14. The minimum absolute atomic E-state index is 0.147. The Hall–Kier alpha value is -1.36. The van der Waals surface area contributed by atoms with Gasteiger partial charge in [0, 0.05) is 6.42 Å². The van der Waals surface area contributed by atoms with E-state index in [9.17, 15) is 4.39 Å². The molecule has 1 rings (SSSR count). The molecule has 0 spiro atoms. The Morgan fingerprint density at radius 1 is 1.29 bits per heavy atom. The predicted octanol–water partition coefficient (Wildman–Crippen LogP) is 3.29. The predicted molar refractivity (Wildman–Crippen MR) is 54.4 cm³/mol. The molecule has 1 aromatic rings. The van der Waals surface area contributed by atoms with Crippen LogP contribution >= 0.6 is 0 Å². The van der Waals surface area contributed by atoms with Crippen LogP contribution in [0, 0.1) is 31.0 Å². The van der Waals surface area contributed by atoms with Gasteiger partial charge >= 0.3 is 0 Å². The number of halogens is 1. The van der Waals surface area contributed by atoms with Crippen LogP contribution in [0.2, 0.25) is 0 Å². The first-order valence-electron chi connectivity index (χ1n) is 4.77. The van der Waals surface area contributed by atoms with E-state index in [0.717, 1.165) is 23.1 Å². The van der Waals surface area contributed by atoms with E-state index < -0.39 is 0 Å². The van der Waals surface area contributed by atoms with Gasteiger partial charge in [0.2, 0.25) is 0 Å². The summed E-state index contributed by atoms with van der Waals surface area (Å²) in [6.45, 7) is 3.88. The van der Waals surface area contributed by atoms with Crippen molar-refractivity contribution in [2.75, 3.05) is 0 Å². The highest BCUT2D eigenvalue weighted by molar-refractivity contribution is 5.31. The number of hydrogen-bond acceptors (Lipinski definition) is 1. The van der Waals surface area contributed by atoms with Crippen molar-refractivity contribution < 1.29 is 4.39 Å². The van der Waals surface area contributed by atoms with E-state index in [4.69, 9.17) is 5.26 Å². The van der Waals surface area contributed by atoms with E-state index in [0.29, 0.717) is 12.8 Å². The lowest BCUT2D eigenvalue weighted by Crippen LogP contribution is -1.94. The molecule has 0 fully saturated rings. The second-order valence-electron chi connectivity index (χ2n) is 3.54. The fraction of sp³-hybridized carbons (Fsp3) is 0.417. The fourth-order valence-electron chi connectivity index (χ4n) is 1.39. The van der Waals surface area contributed by atoms with Crippen molar-refractivity contribution in [1.82, 2.24) is 0 Å². The lowest BCUT2D eigenvalue weighted by molar-refractivity contribution is 0.603. The number of nitriles is 1. The van der Waals surface area contributed by atoms with E-state index in [1.54, 1.807) is 6.07 Å². The zero-order valence-corrected chi connectivity index (χ0v) is 8.60. The topological polar surface area (TPSA) is 23.8 Å². The quantitative estimate of drug-likeness (QED) is 0.672. The molecule has 0 saturated heterocycles. The second-order valence-corrected chi connectivity index (χ2v) is 3.54. The Labute approximate surface area is 84.2 Å². The average molecular weight is 191 g/mol. The van der Waals surface area contributed by atoms with Crippen LogP contribution in [0.3, 0.4) is 0 Å². The van der Waals surface area contributed by atoms with Gasteiger partial charge < -0.3 is 0 Å². The zero-order chi connectivity index (χ0) is 10.6. The van der Waals surface area contributed by atoms with Gasteiger partial charge in [-0.3, -0.25) is 0 Å². The molecular formula is C12H14FN. The first-order chi connectivity index (χ1) is 6.65. The summed E-state index contributed by atoms with van der Waals surface area (Å²) < 4.78 is 13.4. The molecule has 0 heterocycles. The first-order valence-corrected chi connectivity index (χ1v) is 4.77. The molecule has 0 radical (unpaired) electrons. The van der Waals surface area contributed by atoms with Crippen LogP contribution in [0.5, 0.6) is 0 Å². The zero-order valence-electron chi connectivity index (χ0n) is 8.60. The Bertz CT molecular complexity index is 363. The molecule has 0 atom stereocenters. The van der Waals surface area contributed by atoms with Gasteiger partial charge in [-0.25, -0.2) is 4.39 Å². The summed E-state index contributed by atoms with van der Waals surface area (Å²) in [5.74, 6) is -0.147. The summed E-state index contributed by atoms with van der Waals surface area (Å²) in [4.78, 5) is 0. The number of benzene rings is 1. The molecule has 0 N–H and O–H groups in total. The number of unbranched alkanes of at least 4 members (excludes halogenated alkanes) is 1. The van der Waals surface area contributed by atoms with Crippen molar-refractivity contribution >= 4 is 0 Å². The van der Waals surface area contributed by atoms with Crippen molar-refractivity contribution in [2.45, 2.75) is 33.1 Å². The third-order valence-corrected chi connectivity index (χ3v) is 2.40. The van der Waals surface area contributed by atoms with Gasteiger partial charge in [0.15, 0.2) is 0 Å². The van der Waals surface area contributed by atoms with E-state index >= 15 is 0 Å². The molecule has 14 heavy (non-hydrogen) atoms. The van der Waals surface area contributed by atoms with Gasteiger partial charge in [-0.2, -0.15) is 5.26 Å². The maximum Gasteiger partial charge on any atom is 0.126 e. The van der Waals surface area contributed by atoms with Gasteiger partial charge in [-0.05, 0) is 49.4 Å². The van der Waals surface area contributed by atoms with Crippen LogP contribution in [0.4, 0.5) is 4.39 Å². The molecule has 0 unspecified atom stereocenters. The third-order valence-electron chi connectivity index (χ3n) is 2.40. The largest absolute Gasteiger partial charge is 0.207 e. The monoisotopic (exact) mass is 191 g/mol. The summed E-state index contributed by atoms with van der Waals surface area (Å²) in [6, 6.07) is 5.50. The standard InChI is InChI=1S/C12H14FN/c1-9-7-11(5-3-4-6-14)12(13)8-10(9)2/h7-8H,3-5H2,1-2H3. The van der Waals surface area contributed by atoms with Crippen molar-refractivity contribution in [2.24, 2.45) is 0 Å². The number of aryl methyl sites for hydroxylation is 3. The van der Waals surface area contributed by atoms with Gasteiger partial charge in [0.1, 0.15) is 5.82 Å². The number of hydrogen-bond donors (Lipinski definition) is 0. The lowest BCUT2D eigenvalue weighted by Gasteiger charge is -2.06. The highest BCUT2D eigenvalue weighted by Crippen LogP contribution is 2.16. The molecule has 0 bridgehead atoms. The molecule has 0 aliphatic carbocycles. The van der Waals surface area contributed by atoms with Gasteiger partial charge in [-0.15, -0.1) is 0 Å². The maximum atomic E-state index is 13.4. The normalized spacial score (nSPS) is 9.86. The summed E-state index contributed by atoms with van der Waals surface area (Å²) in [5, 5.41) is 8.37. The molecule has 0 amide bonds. The van der Waals surface area contributed by atoms with Gasteiger partial charge in [0.05, 0.1) is 6.07 Å². The minimum Gasteiger partial charge on any atom is -0.207 e. The fourth-order valence-corrected chi connectivity index (χ4v) is 1.39. The molecule has 0 saturated carbocycles. The summed E-state index contributed by atoms with van der Waals surface area (Å²) in [6.07, 6.45) is 1.88. The van der Waals surface area contributed by atoms with Crippen molar-refractivity contribution in [3.63, 3.8) is 0 Å². The molecule has 0 aliphatic rings. The second kappa shape index (κ2) is 4.76. The summed E-state index contributed by atoms with van der Waals surface area (Å²) in [7, 11) is 0. The minimum atomic E-state index is -0.147. The highest BCUT2D eigenvalue weighted by atomic mass is 19.1. The van der Waals surface area contributed by atoms with Crippen LogP contribution in [0.1, 0.15) is 29.5 Å². The van der Waals surface area contributed by atoms with Gasteiger partial charge in [0.25, 0.3) is 0 Å². The number of nitrogens with zero attached hydrogens (tertiary/aromatic N) is 1. The van der Waals surface area contributed by atoms with Crippen LogP contribution in [-0.2, 0) is 6.42 Å². The molecule has 0 aromatic heterocycles. The molecule has 74 valence electrons. The van der Waals surface area contributed by atoms with E-state index in [1.165, 1.54) is 0 Å². The maximum absolute atomic E-state index is 13.4. The number of rotatable bonds is 3. The molecular weight excluding hydrogens is 177 g/mol. The molecule has 1 nitrogen and oxygen atoms in total. The van der Waals surface area contributed by atoms with Crippen molar-refractivity contribution in [3.8, 4) is 6.07 Å². The van der Waals surface area contributed by atoms with Crippen LogP contribution < -0.4 is 0 Å². The Morgan fingerprint density at radius 2 is 1.93 bits per heavy atom. The van der Waals surface area contributed by atoms with E-state index in [1.807, 2.05) is 19.9 Å². The van der Waals surface area contributed by atoms with Crippen LogP contribution in [-0.4, -0.2) is 0 Å². The molecule has 1 aromatic carbocycles. The Morgan fingerprint density at radius 3 is 2.57 bits per heavy atom. The van der Waals surface area contributed by atoms with Crippen molar-refractivity contribution in [1.29, 1.82) is 5.26 Å².